The molecule has 206 valence electrons. The summed E-state index contributed by atoms with van der Waals surface area (Å²) in [7, 11) is 0. The quantitative estimate of drug-likeness (QED) is 0.296. The van der Waals surface area contributed by atoms with Crippen molar-refractivity contribution in [3.63, 3.8) is 0 Å². The number of aliphatic carboxylic acids is 1. The number of benzene rings is 2. The van der Waals surface area contributed by atoms with Gasteiger partial charge in [-0.3, -0.25) is 14.4 Å². The third-order valence-electron chi connectivity index (χ3n) is 6.26. The number of nitrogens with one attached hydrogen (secondary N) is 3. The van der Waals surface area contributed by atoms with Gasteiger partial charge in [-0.2, -0.15) is 0 Å². The Bertz CT molecular complexity index is 1140. The van der Waals surface area contributed by atoms with Crippen molar-refractivity contribution in [2.24, 2.45) is 5.73 Å². The number of nitrogens with zero attached hydrogens (tertiary/aromatic N) is 1. The molecule has 0 saturated heterocycles. The van der Waals surface area contributed by atoms with E-state index in [-0.39, 0.29) is 18.4 Å². The second-order valence-electron chi connectivity index (χ2n) is 9.30. The molecular formula is C29H41N5O4. The van der Waals surface area contributed by atoms with Crippen LogP contribution >= 0.6 is 0 Å². The molecule has 1 heterocycles. The minimum absolute atomic E-state index is 0.0246. The van der Waals surface area contributed by atoms with Crippen LogP contribution in [0.5, 0.6) is 0 Å². The highest BCUT2D eigenvalue weighted by Gasteiger charge is 2.21. The van der Waals surface area contributed by atoms with Crippen LogP contribution in [-0.2, 0) is 16.1 Å². The van der Waals surface area contributed by atoms with Gasteiger partial charge in [0.05, 0.1) is 13.1 Å². The van der Waals surface area contributed by atoms with Gasteiger partial charge in [0.1, 0.15) is 0 Å². The molecule has 9 heteroatoms. The summed E-state index contributed by atoms with van der Waals surface area (Å²) in [4.78, 5) is 36.3. The Kier molecular flexibility index (Phi) is 12.3. The second-order valence-corrected chi connectivity index (χ2v) is 9.30. The zero-order valence-electron chi connectivity index (χ0n) is 22.9. The third-order valence-corrected chi connectivity index (χ3v) is 6.26. The number of carboxylic acids is 1. The number of allylic oxidation sites excluding steroid dienone is 1. The van der Waals surface area contributed by atoms with Crippen LogP contribution < -0.4 is 21.7 Å². The van der Waals surface area contributed by atoms with Gasteiger partial charge in [0.25, 0.3) is 11.9 Å². The van der Waals surface area contributed by atoms with Gasteiger partial charge in [-0.05, 0) is 75.0 Å². The summed E-state index contributed by atoms with van der Waals surface area (Å²) >= 11 is 0. The number of rotatable bonds is 10. The van der Waals surface area contributed by atoms with E-state index in [1.165, 1.54) is 5.57 Å². The summed E-state index contributed by atoms with van der Waals surface area (Å²) in [6.45, 7) is 9.76. The number of carboxylic acid groups (broad SMARTS) is 1. The number of hydrogen-bond donors (Lipinski definition) is 5. The topological polar surface area (TPSA) is 137 Å². The first kappa shape index (κ1) is 30.4. The van der Waals surface area contributed by atoms with E-state index >= 15 is 0 Å². The monoisotopic (exact) mass is 523 g/mol. The Morgan fingerprint density at radius 3 is 2.45 bits per heavy atom. The van der Waals surface area contributed by atoms with Crippen molar-refractivity contribution < 1.29 is 19.5 Å². The number of carbonyl (C=O) groups is 3. The van der Waals surface area contributed by atoms with E-state index in [0.29, 0.717) is 31.7 Å². The lowest BCUT2D eigenvalue weighted by Crippen LogP contribution is -2.36. The van der Waals surface area contributed by atoms with Crippen molar-refractivity contribution in [3.8, 4) is 0 Å². The molecule has 38 heavy (non-hydrogen) atoms. The molecule has 2 aromatic carbocycles. The molecule has 1 aliphatic heterocycles. The zero-order valence-corrected chi connectivity index (χ0v) is 22.9. The fourth-order valence-corrected chi connectivity index (χ4v) is 3.92. The van der Waals surface area contributed by atoms with Gasteiger partial charge in [0, 0.05) is 42.6 Å². The minimum atomic E-state index is -0.833. The fraction of sp³-hybridized carbons (Fsp3) is 0.414. The molecule has 0 spiro atoms. The predicted molar refractivity (Wildman–Crippen MR) is 152 cm³/mol. The van der Waals surface area contributed by atoms with Gasteiger partial charge in [-0.15, -0.1) is 0 Å². The Balaban J connectivity index is 0.00000118. The van der Waals surface area contributed by atoms with Crippen molar-refractivity contribution in [1.29, 1.82) is 0 Å². The molecule has 6 N–H and O–H groups in total. The number of unbranched alkanes of at least 4 members (excludes halogenated alkanes) is 1. The number of amides is 2. The van der Waals surface area contributed by atoms with Crippen molar-refractivity contribution in [2.45, 2.75) is 53.5 Å². The van der Waals surface area contributed by atoms with E-state index in [1.807, 2.05) is 35.2 Å². The van der Waals surface area contributed by atoms with E-state index in [4.69, 9.17) is 15.6 Å². The maximum atomic E-state index is 13.7. The van der Waals surface area contributed by atoms with E-state index in [2.05, 4.69) is 48.9 Å². The zero-order chi connectivity index (χ0) is 28.1. The fourth-order valence-electron chi connectivity index (χ4n) is 3.92. The first-order valence-corrected chi connectivity index (χ1v) is 13.0. The summed E-state index contributed by atoms with van der Waals surface area (Å²) in [6, 6.07) is 13.8. The van der Waals surface area contributed by atoms with Crippen LogP contribution in [-0.4, -0.2) is 54.0 Å². The molecule has 0 aromatic heterocycles. The van der Waals surface area contributed by atoms with Gasteiger partial charge < -0.3 is 31.7 Å². The molecule has 2 aromatic rings. The van der Waals surface area contributed by atoms with E-state index in [1.54, 1.807) is 0 Å². The maximum absolute atomic E-state index is 13.7. The smallest absolute Gasteiger partial charge is 0.300 e. The molecule has 1 aliphatic rings. The Morgan fingerprint density at radius 2 is 1.79 bits per heavy atom. The largest absolute Gasteiger partial charge is 0.481 e. The third kappa shape index (κ3) is 9.55. The Labute approximate surface area is 225 Å². The maximum Gasteiger partial charge on any atom is 0.300 e. The number of anilines is 2. The van der Waals surface area contributed by atoms with E-state index in [9.17, 15) is 9.59 Å². The Hall–Kier alpha value is -3.85. The summed E-state index contributed by atoms with van der Waals surface area (Å²) in [5.74, 6) is -0.914. The molecule has 3 rings (SSSR count). The molecule has 0 aliphatic carbocycles. The number of carbonyl (C=O) groups excluding carboxylic acids is 2. The van der Waals surface area contributed by atoms with Crippen LogP contribution in [0.4, 0.5) is 11.4 Å². The molecule has 0 bridgehead atoms. The molecule has 0 atom stereocenters. The molecule has 0 fully saturated rings. The highest BCUT2D eigenvalue weighted by molar-refractivity contribution is 5.95. The predicted octanol–water partition coefficient (Wildman–Crippen LogP) is 4.10. The lowest BCUT2D eigenvalue weighted by molar-refractivity contribution is -0.134. The number of nitrogens with two attached hydrogens (primary N) is 1. The average Bonchev–Trinajstić information content (AvgIpc) is 3.08. The number of fused-ring (bicyclic) bond motifs is 1. The molecule has 2 amide bonds. The standard InChI is InChI=1S/C27H37N5O2.C2H4O2/c1-4-19(2)25(31-23-10-6-5-9-20(23)3)18-32(14-8-7-13-28)27(34)21-11-12-24-22(15-21)16-30-26(33)17-29-24;1-2(3)4/h5-6,9-12,15,29,31H,4,7-8,13-14,16-18,28H2,1-3H3,(H,30,33);1H3,(H,3,4). The summed E-state index contributed by atoms with van der Waals surface area (Å²) in [6.07, 6.45) is 2.60. The van der Waals surface area contributed by atoms with E-state index in [0.717, 1.165) is 54.4 Å². The average molecular weight is 524 g/mol. The highest BCUT2D eigenvalue weighted by Crippen LogP contribution is 2.23. The number of hydrogen-bond acceptors (Lipinski definition) is 6. The van der Waals surface area contributed by atoms with E-state index < -0.39 is 5.97 Å². The van der Waals surface area contributed by atoms with Gasteiger partial charge in [-0.1, -0.05) is 30.7 Å². The van der Waals surface area contributed by atoms with Gasteiger partial charge in [0.2, 0.25) is 5.91 Å². The summed E-state index contributed by atoms with van der Waals surface area (Å²) in [5, 5.41) is 17.0. The molecular weight excluding hydrogens is 482 g/mol. The summed E-state index contributed by atoms with van der Waals surface area (Å²) in [5.41, 5.74) is 12.6. The van der Waals surface area contributed by atoms with Gasteiger partial charge in [-0.25, -0.2) is 0 Å². The van der Waals surface area contributed by atoms with Crippen molar-refractivity contribution in [2.75, 3.05) is 36.8 Å². The summed E-state index contributed by atoms with van der Waals surface area (Å²) < 4.78 is 0. The van der Waals surface area contributed by atoms with Gasteiger partial charge >= 0.3 is 0 Å². The Morgan fingerprint density at radius 1 is 1.08 bits per heavy atom. The van der Waals surface area contributed by atoms with Crippen molar-refractivity contribution in [3.05, 3.63) is 70.4 Å². The van der Waals surface area contributed by atoms with Crippen LogP contribution in [0, 0.1) is 6.92 Å². The first-order valence-electron chi connectivity index (χ1n) is 13.0. The van der Waals surface area contributed by atoms with Crippen molar-refractivity contribution in [1.82, 2.24) is 10.2 Å². The SMILES string of the molecule is CC(=O)O.CCC(C)=C(CN(CCCCN)C(=O)c1ccc2c(c1)CNC(=O)CN2)Nc1ccccc1C. The van der Waals surface area contributed by atoms with Crippen LogP contribution in [0.1, 0.15) is 61.5 Å². The number of para-hydroxylation sites is 1. The molecule has 0 radical (unpaired) electrons. The van der Waals surface area contributed by atoms with Gasteiger partial charge in [0.15, 0.2) is 0 Å². The normalized spacial score (nSPS) is 12.9. The molecule has 9 nitrogen and oxygen atoms in total. The molecule has 0 saturated carbocycles. The van der Waals surface area contributed by atoms with Crippen LogP contribution in [0.25, 0.3) is 0 Å². The minimum Gasteiger partial charge on any atom is -0.481 e. The number of aryl methyl sites for hydroxylation is 1. The highest BCUT2D eigenvalue weighted by atomic mass is 16.4. The van der Waals surface area contributed by atoms with Crippen LogP contribution in [0.15, 0.2) is 53.7 Å². The molecule has 0 unspecified atom stereocenters. The second kappa shape index (κ2) is 15.4. The van der Waals surface area contributed by atoms with Crippen LogP contribution in [0.3, 0.4) is 0 Å². The van der Waals surface area contributed by atoms with Crippen molar-refractivity contribution >= 4 is 29.2 Å². The lowest BCUT2D eigenvalue weighted by Gasteiger charge is -2.27. The first-order chi connectivity index (χ1) is 18.2. The van der Waals surface area contributed by atoms with Crippen LogP contribution in [0.2, 0.25) is 0 Å². The lowest BCUT2D eigenvalue weighted by atomic mass is 10.1.